The van der Waals surface area contributed by atoms with Gasteiger partial charge in [0.05, 0.1) is 11.8 Å². The lowest BCUT2D eigenvalue weighted by Crippen LogP contribution is -2.60. The summed E-state index contributed by atoms with van der Waals surface area (Å²) in [6, 6.07) is 9.23. The van der Waals surface area contributed by atoms with Crippen molar-refractivity contribution in [2.45, 2.75) is 31.9 Å². The number of nitrogens with zero attached hydrogens (tertiary/aromatic N) is 2. The summed E-state index contributed by atoms with van der Waals surface area (Å²) in [6.45, 7) is 6.30. The number of hydrogen-bond acceptors (Lipinski definition) is 4. The van der Waals surface area contributed by atoms with Gasteiger partial charge in [0.15, 0.2) is 5.60 Å². The van der Waals surface area contributed by atoms with E-state index in [0.29, 0.717) is 10.9 Å². The molecule has 0 saturated carbocycles. The Hall–Kier alpha value is -2.72. The van der Waals surface area contributed by atoms with Crippen LogP contribution in [-0.4, -0.2) is 27.4 Å². The van der Waals surface area contributed by atoms with Crippen LogP contribution in [0.3, 0.4) is 0 Å². The molecule has 1 spiro atoms. The van der Waals surface area contributed by atoms with Gasteiger partial charge >= 0.3 is 0 Å². The van der Waals surface area contributed by atoms with Gasteiger partial charge in [0.2, 0.25) is 0 Å². The zero-order chi connectivity index (χ0) is 19.0. The molecule has 1 atom stereocenters. The van der Waals surface area contributed by atoms with Crippen LogP contribution in [0.4, 0.5) is 5.69 Å². The molecular formula is C22H19ClN2O2. The highest BCUT2D eigenvalue weighted by Gasteiger charge is 2.60. The first-order chi connectivity index (χ1) is 12.8. The predicted octanol–water partition coefficient (Wildman–Crippen LogP) is 5.40. The van der Waals surface area contributed by atoms with Gasteiger partial charge in [-0.2, -0.15) is 0 Å². The molecule has 0 bridgehead atoms. The number of allylic oxidation sites excluding steroid dienone is 3. The van der Waals surface area contributed by atoms with Gasteiger partial charge in [0.25, 0.3) is 0 Å². The number of halogens is 1. The van der Waals surface area contributed by atoms with Crippen LogP contribution < -0.4 is 4.74 Å². The highest BCUT2D eigenvalue weighted by molar-refractivity contribution is 6.29. The van der Waals surface area contributed by atoms with Crippen molar-refractivity contribution in [1.82, 2.24) is 4.90 Å². The van der Waals surface area contributed by atoms with Crippen LogP contribution in [-0.2, 0) is 0 Å². The molecule has 4 nitrogen and oxygen atoms in total. The summed E-state index contributed by atoms with van der Waals surface area (Å²) in [4.78, 5) is 6.92. The number of hydrogen-bond donors (Lipinski definition) is 1. The molecule has 3 aliphatic rings. The van der Waals surface area contributed by atoms with Gasteiger partial charge in [-0.25, -0.2) is 0 Å². The Kier molecular flexibility index (Phi) is 3.15. The fraction of sp³-hybridized carbons (Fsp3) is 0.227. The molecule has 3 heterocycles. The maximum atomic E-state index is 9.90. The van der Waals surface area contributed by atoms with Crippen LogP contribution in [0.2, 0.25) is 0 Å². The molecule has 136 valence electrons. The smallest absolute Gasteiger partial charge is 0.190 e. The zero-order valence-corrected chi connectivity index (χ0v) is 16.1. The molecule has 0 aromatic heterocycles. The van der Waals surface area contributed by atoms with E-state index < -0.39 is 11.1 Å². The van der Waals surface area contributed by atoms with Crippen LogP contribution >= 0.6 is 11.6 Å². The maximum absolute atomic E-state index is 9.90. The molecule has 0 aliphatic carbocycles. The summed E-state index contributed by atoms with van der Waals surface area (Å²) in [5.74, 6) is 0.914. The van der Waals surface area contributed by atoms with E-state index in [9.17, 15) is 5.11 Å². The molecule has 0 amide bonds. The van der Waals surface area contributed by atoms with E-state index in [1.807, 2.05) is 36.6 Å². The van der Waals surface area contributed by atoms with Gasteiger partial charge in [0, 0.05) is 16.7 Å². The van der Waals surface area contributed by atoms with Crippen LogP contribution in [0.5, 0.6) is 11.5 Å². The summed E-state index contributed by atoms with van der Waals surface area (Å²) in [7, 11) is 0. The van der Waals surface area contributed by atoms with Gasteiger partial charge in [-0.3, -0.25) is 4.99 Å². The minimum absolute atomic E-state index is 0.213. The van der Waals surface area contributed by atoms with Crippen LogP contribution in [0.1, 0.15) is 20.8 Å². The Labute approximate surface area is 162 Å². The Morgan fingerprint density at radius 1 is 1.19 bits per heavy atom. The van der Waals surface area contributed by atoms with Gasteiger partial charge in [-0.05, 0) is 56.5 Å². The van der Waals surface area contributed by atoms with Crippen molar-refractivity contribution in [2.24, 2.45) is 4.99 Å². The van der Waals surface area contributed by atoms with E-state index in [0.717, 1.165) is 27.7 Å². The number of aliphatic imine (C=N–C) groups is 1. The first-order valence-corrected chi connectivity index (χ1v) is 9.28. The summed E-state index contributed by atoms with van der Waals surface area (Å²) in [5, 5.41) is 12.4. The average Bonchev–Trinajstić information content (AvgIpc) is 2.81. The van der Waals surface area contributed by atoms with Crippen LogP contribution in [0.15, 0.2) is 70.0 Å². The predicted molar refractivity (Wildman–Crippen MR) is 109 cm³/mol. The van der Waals surface area contributed by atoms with Crippen molar-refractivity contribution in [3.8, 4) is 11.5 Å². The number of aromatic hydroxyl groups is 1. The fourth-order valence-electron chi connectivity index (χ4n) is 4.46. The second kappa shape index (κ2) is 5.17. The Morgan fingerprint density at radius 2 is 1.96 bits per heavy atom. The molecule has 27 heavy (non-hydrogen) atoms. The number of ether oxygens (including phenoxy) is 1. The highest BCUT2D eigenvalue weighted by atomic mass is 35.5. The zero-order valence-electron chi connectivity index (χ0n) is 15.3. The third-order valence-corrected chi connectivity index (χ3v) is 6.23. The summed E-state index contributed by atoms with van der Waals surface area (Å²) < 4.78 is 6.65. The minimum atomic E-state index is -0.734. The van der Waals surface area contributed by atoms with Gasteiger partial charge in [0.1, 0.15) is 22.3 Å². The van der Waals surface area contributed by atoms with E-state index in [1.165, 1.54) is 0 Å². The lowest BCUT2D eigenvalue weighted by Gasteiger charge is -2.46. The van der Waals surface area contributed by atoms with Crippen LogP contribution in [0, 0.1) is 0 Å². The minimum Gasteiger partial charge on any atom is -0.508 e. The molecule has 0 saturated heterocycles. The van der Waals surface area contributed by atoms with Crippen molar-refractivity contribution in [3.63, 3.8) is 0 Å². The Morgan fingerprint density at radius 3 is 2.74 bits per heavy atom. The van der Waals surface area contributed by atoms with E-state index in [1.54, 1.807) is 12.1 Å². The second-order valence-corrected chi connectivity index (χ2v) is 8.05. The molecule has 2 aromatic carbocycles. The average molecular weight is 379 g/mol. The van der Waals surface area contributed by atoms with Gasteiger partial charge in [-0.1, -0.05) is 29.8 Å². The van der Waals surface area contributed by atoms with Gasteiger partial charge in [-0.15, -0.1) is 0 Å². The molecule has 5 rings (SSSR count). The van der Waals surface area contributed by atoms with Crippen molar-refractivity contribution in [1.29, 1.82) is 0 Å². The summed E-state index contributed by atoms with van der Waals surface area (Å²) in [6.07, 6.45) is 7.79. The molecule has 1 unspecified atom stereocenters. The first kappa shape index (κ1) is 16.5. The normalized spacial score (nSPS) is 24.9. The lowest BCUT2D eigenvalue weighted by molar-refractivity contribution is 0.0577. The number of phenols is 1. The molecular weight excluding hydrogens is 360 g/mol. The van der Waals surface area contributed by atoms with Gasteiger partial charge < -0.3 is 14.7 Å². The maximum Gasteiger partial charge on any atom is 0.190 e. The van der Waals surface area contributed by atoms with E-state index >= 15 is 0 Å². The van der Waals surface area contributed by atoms with E-state index in [4.69, 9.17) is 21.3 Å². The number of fused-ring (bicyclic) bond motifs is 4. The monoisotopic (exact) mass is 378 g/mol. The topological polar surface area (TPSA) is 45.1 Å². The standard InChI is InChI=1S/C22H19ClN2O2/c1-13-17-5-4-6-19(23)25(17)21(2,3)22(13)12-24-20-16-11-15(26)9-7-14(16)8-10-18(20)27-22/h4-12,26H,1-3H3. The number of benzene rings is 2. The first-order valence-electron chi connectivity index (χ1n) is 8.90. The molecule has 0 radical (unpaired) electrons. The molecule has 1 N–H and O–H groups in total. The largest absolute Gasteiger partial charge is 0.508 e. The summed E-state index contributed by atoms with van der Waals surface area (Å²) in [5.41, 5.74) is 1.66. The summed E-state index contributed by atoms with van der Waals surface area (Å²) >= 11 is 6.54. The van der Waals surface area contributed by atoms with Crippen LogP contribution in [0.25, 0.3) is 10.8 Å². The van der Waals surface area contributed by atoms with Crippen molar-refractivity contribution >= 4 is 34.3 Å². The third kappa shape index (κ3) is 1.96. The Bertz CT molecular complexity index is 1130. The highest BCUT2D eigenvalue weighted by Crippen LogP contribution is 2.54. The van der Waals surface area contributed by atoms with E-state index in [-0.39, 0.29) is 5.75 Å². The quantitative estimate of drug-likeness (QED) is 0.624. The third-order valence-electron chi connectivity index (χ3n) is 5.94. The van der Waals surface area contributed by atoms with Crippen molar-refractivity contribution < 1.29 is 9.84 Å². The van der Waals surface area contributed by atoms with Crippen molar-refractivity contribution in [2.75, 3.05) is 0 Å². The lowest BCUT2D eigenvalue weighted by atomic mass is 9.79. The fourth-order valence-corrected chi connectivity index (χ4v) is 4.83. The molecule has 0 fully saturated rings. The SMILES string of the molecule is CC1=C2C=CC=C(Cl)N2C(C)(C)C12C=Nc1c(ccc3ccc(O)cc13)O2. The molecule has 2 aromatic rings. The molecule has 5 heteroatoms. The number of phenolic OH excluding ortho intramolecular Hbond substituents is 1. The second-order valence-electron chi connectivity index (χ2n) is 7.67. The van der Waals surface area contributed by atoms with Crippen molar-refractivity contribution in [3.05, 3.63) is 65.0 Å². The number of rotatable bonds is 0. The van der Waals surface area contributed by atoms with E-state index in [2.05, 4.69) is 31.7 Å². The molecule has 3 aliphatic heterocycles. The Balaban J connectivity index is 1.72.